The lowest BCUT2D eigenvalue weighted by molar-refractivity contribution is -0.192. The minimum Gasteiger partial charge on any atom is -0.466 e. The van der Waals surface area contributed by atoms with Gasteiger partial charge in [-0.1, -0.05) is 88.4 Å². The van der Waals surface area contributed by atoms with Gasteiger partial charge >= 0.3 is 25.2 Å². The summed E-state index contributed by atoms with van der Waals surface area (Å²) in [6.45, 7) is 28.4. The summed E-state index contributed by atoms with van der Waals surface area (Å²) in [6.07, 6.45) is 27.6. The second kappa shape index (κ2) is 35.6. The van der Waals surface area contributed by atoms with Crippen molar-refractivity contribution in [2.24, 2.45) is 142 Å². The van der Waals surface area contributed by atoms with Gasteiger partial charge in [0.1, 0.15) is 5.78 Å². The molecule has 0 spiro atoms. The number of allylic oxidation sites excluding steroid dienone is 8. The number of esters is 2. The number of ether oxygens (including phenoxy) is 11. The third kappa shape index (κ3) is 17.6. The average molecular weight is 1450 g/mol. The molecule has 12 bridgehead atoms. The van der Waals surface area contributed by atoms with E-state index in [1.54, 1.807) is 6.92 Å². The zero-order valence-corrected chi connectivity index (χ0v) is 62.3. The standard InChI is InChI=1S/C11H16O2.C10H19BO2.C10H14O3.C9H16O3.C9H14O2.2C8H12O3.C8H10O3.C5H6.CO2/c1-3-13-11(12)10-7(2)8-4-5-9(10)6-8;1-6-7-8-11-12-9(2,3)10(4,5)13-11;1-2-13-10(12)8-6-3-4-7(5-6)9(8)11;1-5-6(3-10)2-7-8(5)4-12-9(7)11;1-5-6-2-7-8(5)4-11-9(7)10-3-6;3*9-7-4-1-5-6(7)3-11-8(5)10-2-4;1-2-4-5-3-1;2-1-3/h4-5,7-10H,3,6H2,1-2H3;7-8H,6H2,1-5H3;3-4,6-9,11H,2,5H2,1H3;5-11H,2-4H2,1H3;5-9H,2-4H2,1H3;2*4-9H,1-3H2;4-6,8H,1-3H2;1-4H,5H2;/b;8-7+;;;;;;;;/t;;;5-,6-,7-,8+,9-;;;;;;/m...0....../s1. The molecule has 7 saturated carbocycles. The Morgan fingerprint density at radius 3 is 1.48 bits per heavy atom. The molecule has 17 fully saturated rings. The highest BCUT2D eigenvalue weighted by molar-refractivity contribution is 6.51. The van der Waals surface area contributed by atoms with Crippen molar-refractivity contribution in [2.75, 3.05) is 79.3 Å². The highest BCUT2D eigenvalue weighted by Crippen LogP contribution is 2.54. The topological polar surface area (TPSA) is 306 Å². The molecule has 32 atom stereocenters. The van der Waals surface area contributed by atoms with E-state index in [0.29, 0.717) is 142 Å². The summed E-state index contributed by atoms with van der Waals surface area (Å²) in [4.78, 5) is 50.8. The molecule has 10 aliphatic heterocycles. The number of carbonyl (C=O) groups is 3. The first-order valence-electron chi connectivity index (χ1n) is 38.9. The van der Waals surface area contributed by atoms with Gasteiger partial charge in [-0.25, -0.2) is 0 Å². The molecular weight excluding hydrogens is 1330 g/mol. The van der Waals surface area contributed by atoms with Gasteiger partial charge in [0.05, 0.1) is 114 Å². The van der Waals surface area contributed by atoms with E-state index in [4.69, 9.17) is 76.1 Å². The number of ketones is 1. The zero-order valence-electron chi connectivity index (χ0n) is 62.3. The normalized spacial score (nSPS) is 45.7. The maximum Gasteiger partial charge on any atom is 0.486 e. The van der Waals surface area contributed by atoms with E-state index >= 15 is 0 Å². The number of Topliss-reactive ketones (excluding diaryl/α,β-unsaturated/α-hetero) is 1. The van der Waals surface area contributed by atoms with Gasteiger partial charge in [-0.2, -0.15) is 9.59 Å². The van der Waals surface area contributed by atoms with Crippen LogP contribution in [-0.4, -0.2) is 197 Å². The van der Waals surface area contributed by atoms with Crippen molar-refractivity contribution < 1.29 is 111 Å². The van der Waals surface area contributed by atoms with Crippen LogP contribution in [0.3, 0.4) is 0 Å². The largest absolute Gasteiger partial charge is 0.486 e. The Balaban J connectivity index is 0.000000116. The Morgan fingerprint density at radius 1 is 0.515 bits per heavy atom. The Bertz CT molecular complexity index is 2810. The summed E-state index contributed by atoms with van der Waals surface area (Å²) in [5.41, 5.74) is -0.425. The van der Waals surface area contributed by atoms with Crippen LogP contribution in [0.15, 0.2) is 60.7 Å². The first-order chi connectivity index (χ1) is 49.5. The minimum absolute atomic E-state index is 0.00634. The molecule has 0 amide bonds. The van der Waals surface area contributed by atoms with E-state index in [1.165, 1.54) is 6.42 Å². The van der Waals surface area contributed by atoms with Gasteiger partial charge in [-0.3, -0.25) is 14.4 Å². The number of aliphatic hydroxyl groups is 5. The quantitative estimate of drug-likeness (QED) is 0.0919. The molecule has 23 nitrogen and oxygen atoms in total. The number of rotatable bonds is 7. The fourth-order valence-corrected chi connectivity index (χ4v) is 20.2. The summed E-state index contributed by atoms with van der Waals surface area (Å²) in [6, 6.07) is 0. The molecule has 0 aromatic carbocycles. The van der Waals surface area contributed by atoms with Gasteiger partial charge in [0.15, 0.2) is 31.5 Å². The molecule has 10 heterocycles. The fourth-order valence-electron chi connectivity index (χ4n) is 20.2. The summed E-state index contributed by atoms with van der Waals surface area (Å²) in [5.74, 6) is 12.0. The summed E-state index contributed by atoms with van der Waals surface area (Å²) in [7, 11) is -0.176. The second-order valence-corrected chi connectivity index (χ2v) is 33.1. The predicted molar refractivity (Wildman–Crippen MR) is 373 cm³/mol. The number of carbonyl (C=O) groups excluding carboxylic acids is 5. The molecule has 20 rings (SSSR count). The van der Waals surface area contributed by atoms with Crippen molar-refractivity contribution >= 4 is 31.0 Å². The molecule has 20 aliphatic rings. The molecule has 0 radical (unpaired) electrons. The van der Waals surface area contributed by atoms with Crippen molar-refractivity contribution in [3.63, 3.8) is 0 Å². The Labute approximate surface area is 609 Å². The molecule has 0 aromatic rings. The van der Waals surface area contributed by atoms with Crippen molar-refractivity contribution in [2.45, 2.75) is 188 Å². The molecular formula is C79H119BO23. The van der Waals surface area contributed by atoms with Crippen LogP contribution in [0.25, 0.3) is 0 Å². The van der Waals surface area contributed by atoms with Crippen molar-refractivity contribution in [3.05, 3.63) is 60.7 Å². The first-order valence-corrected chi connectivity index (χ1v) is 38.9. The third-order valence-electron chi connectivity index (χ3n) is 27.0. The monoisotopic (exact) mass is 1450 g/mol. The maximum atomic E-state index is 11.6. The number of fused-ring (bicyclic) bond motifs is 9. The van der Waals surface area contributed by atoms with Gasteiger partial charge in [0.2, 0.25) is 0 Å². The molecule has 24 heteroatoms. The highest BCUT2D eigenvalue weighted by atomic mass is 16.7. The van der Waals surface area contributed by atoms with E-state index in [1.807, 2.05) is 25.1 Å². The molecule has 103 heavy (non-hydrogen) atoms. The molecule has 10 saturated heterocycles. The van der Waals surface area contributed by atoms with E-state index in [0.717, 1.165) is 88.3 Å². The van der Waals surface area contributed by atoms with Gasteiger partial charge < -0.3 is 86.9 Å². The fraction of sp³-hybridized carbons (Fsp3) is 0.823. The Hall–Kier alpha value is -3.89. The van der Waals surface area contributed by atoms with Crippen LogP contribution >= 0.6 is 0 Å². The maximum absolute atomic E-state index is 11.6. The van der Waals surface area contributed by atoms with Crippen LogP contribution in [-0.2, 0) is 85.4 Å². The molecule has 10 aliphatic carbocycles. The third-order valence-corrected chi connectivity index (χ3v) is 27.0. The van der Waals surface area contributed by atoms with Crippen LogP contribution in [0.4, 0.5) is 0 Å². The van der Waals surface area contributed by atoms with E-state index in [-0.39, 0.29) is 122 Å². The predicted octanol–water partition coefficient (Wildman–Crippen LogP) is 7.89. The minimum atomic E-state index is -0.575. The first kappa shape index (κ1) is 80.1. The van der Waals surface area contributed by atoms with Crippen LogP contribution in [0.1, 0.15) is 127 Å². The smallest absolute Gasteiger partial charge is 0.466 e. The summed E-state index contributed by atoms with van der Waals surface area (Å²) >= 11 is 0. The number of aliphatic hydroxyl groups excluding tert-OH is 5. The lowest BCUT2D eigenvalue weighted by Gasteiger charge is -2.32. The van der Waals surface area contributed by atoms with Crippen molar-refractivity contribution in [1.82, 2.24) is 0 Å². The average Bonchev–Trinajstić information content (AvgIpc) is 1.64. The van der Waals surface area contributed by atoms with Crippen LogP contribution in [0.5, 0.6) is 0 Å². The number of hydrogen-bond acceptors (Lipinski definition) is 23. The van der Waals surface area contributed by atoms with E-state index < -0.39 is 12.4 Å². The van der Waals surface area contributed by atoms with E-state index in [9.17, 15) is 34.8 Å². The second-order valence-electron chi connectivity index (χ2n) is 33.1. The van der Waals surface area contributed by atoms with Crippen LogP contribution < -0.4 is 0 Å². The molecule has 0 aromatic heterocycles. The lowest BCUT2D eigenvalue weighted by Crippen LogP contribution is -2.41. The Morgan fingerprint density at radius 2 is 0.971 bits per heavy atom. The Kier molecular flexibility index (Phi) is 27.7. The molecule has 576 valence electrons. The van der Waals surface area contributed by atoms with Crippen molar-refractivity contribution in [3.8, 4) is 0 Å². The number of hydrogen-bond donors (Lipinski definition) is 5. The highest BCUT2D eigenvalue weighted by Gasteiger charge is 2.58. The van der Waals surface area contributed by atoms with Crippen LogP contribution in [0, 0.1) is 142 Å². The SMILES string of the molecule is C1=CCC=C1.CC/C=C/B1OC(C)(C)C(C)(C)O1.CC1C2COC3OCC1C3C2.CCOC(=O)C1C2C=CC(C2)C1C.CCOC(=O)C1C2C=CC(C2)C1O.C[C@H]1[C@H](CO)C[C@H]2[C@@H]1CO[C@@H]2O.O=C1C2COC3OCC1C3C2.O=C=O.OC1C2COC3OCC1C3C2.OC1C2COC3OCC1C3C2. The van der Waals surface area contributed by atoms with Crippen molar-refractivity contribution in [1.29, 1.82) is 0 Å². The van der Waals surface area contributed by atoms with Gasteiger partial charge in [-0.15, -0.1) is 0 Å². The summed E-state index contributed by atoms with van der Waals surface area (Å²) in [5, 5.41) is 47.7. The molecule has 27 unspecified atom stereocenters. The lowest BCUT2D eigenvalue weighted by atomic mass is 9.84. The van der Waals surface area contributed by atoms with Gasteiger partial charge in [-0.05, 0) is 159 Å². The zero-order chi connectivity index (χ0) is 73.6. The van der Waals surface area contributed by atoms with Crippen LogP contribution in [0.2, 0.25) is 0 Å². The van der Waals surface area contributed by atoms with Gasteiger partial charge in [0, 0.05) is 77.6 Å². The molecule has 5 N–H and O–H groups in total. The van der Waals surface area contributed by atoms with E-state index in [2.05, 4.69) is 97.9 Å². The summed E-state index contributed by atoms with van der Waals surface area (Å²) < 4.78 is 70.2. The van der Waals surface area contributed by atoms with Gasteiger partial charge in [0.25, 0.3) is 0 Å².